The number of rotatable bonds is 5. The van der Waals surface area contributed by atoms with Gasteiger partial charge in [-0.3, -0.25) is 4.79 Å². The summed E-state index contributed by atoms with van der Waals surface area (Å²) in [5.41, 5.74) is 5.26. The molecule has 1 aliphatic carbocycles. The van der Waals surface area contributed by atoms with Crippen molar-refractivity contribution in [1.82, 2.24) is 5.32 Å². The molecular weight excluding hydrogens is 248 g/mol. The van der Waals surface area contributed by atoms with Crippen molar-refractivity contribution >= 4 is 11.9 Å². The second kappa shape index (κ2) is 5.44. The Hall–Kier alpha value is -1.82. The van der Waals surface area contributed by atoms with Crippen molar-refractivity contribution in [3.05, 3.63) is 23.7 Å². The third kappa shape index (κ3) is 2.78. The van der Waals surface area contributed by atoms with Crippen molar-refractivity contribution in [2.24, 2.45) is 11.1 Å². The number of carboxylic acids is 1. The van der Waals surface area contributed by atoms with Crippen molar-refractivity contribution in [3.8, 4) is 0 Å². The van der Waals surface area contributed by atoms with Crippen LogP contribution in [-0.4, -0.2) is 23.5 Å². The lowest BCUT2D eigenvalue weighted by Crippen LogP contribution is -2.43. The first-order valence-electron chi connectivity index (χ1n) is 6.38. The van der Waals surface area contributed by atoms with Crippen molar-refractivity contribution in [3.63, 3.8) is 0 Å². The monoisotopic (exact) mass is 266 g/mol. The second-order valence-electron chi connectivity index (χ2n) is 4.95. The van der Waals surface area contributed by atoms with E-state index in [2.05, 4.69) is 5.32 Å². The van der Waals surface area contributed by atoms with E-state index in [4.69, 9.17) is 15.3 Å². The summed E-state index contributed by atoms with van der Waals surface area (Å²) in [6.07, 6.45) is 3.67. The number of carbonyl (C=O) groups is 2. The number of carboxylic acid groups (broad SMARTS) is 1. The van der Waals surface area contributed by atoms with E-state index in [1.807, 2.05) is 0 Å². The van der Waals surface area contributed by atoms with E-state index in [0.717, 1.165) is 25.7 Å². The largest absolute Gasteiger partial charge is 0.475 e. The molecule has 0 aliphatic heterocycles. The summed E-state index contributed by atoms with van der Waals surface area (Å²) in [6.45, 7) is 0.533. The van der Waals surface area contributed by atoms with Crippen LogP contribution in [0.2, 0.25) is 0 Å². The highest BCUT2D eigenvalue weighted by Gasteiger charge is 2.39. The van der Waals surface area contributed by atoms with Crippen LogP contribution in [0.1, 0.15) is 42.0 Å². The minimum Gasteiger partial charge on any atom is -0.475 e. The average Bonchev–Trinajstić information content (AvgIpc) is 3.05. The lowest BCUT2D eigenvalue weighted by Gasteiger charge is -2.25. The van der Waals surface area contributed by atoms with E-state index < -0.39 is 11.4 Å². The predicted molar refractivity (Wildman–Crippen MR) is 67.5 cm³/mol. The summed E-state index contributed by atoms with van der Waals surface area (Å²) in [4.78, 5) is 22.8. The Bertz CT molecular complexity index is 475. The van der Waals surface area contributed by atoms with Crippen molar-refractivity contribution in [2.75, 3.05) is 6.54 Å². The highest BCUT2D eigenvalue weighted by Crippen LogP contribution is 2.37. The van der Waals surface area contributed by atoms with Gasteiger partial charge in [0.2, 0.25) is 11.7 Å². The van der Waals surface area contributed by atoms with Crippen LogP contribution in [0.5, 0.6) is 0 Å². The lowest BCUT2D eigenvalue weighted by molar-refractivity contribution is -0.130. The van der Waals surface area contributed by atoms with Gasteiger partial charge in [0, 0.05) is 6.54 Å². The zero-order valence-corrected chi connectivity index (χ0v) is 10.6. The standard InChI is InChI=1S/C13H18N2O4/c14-8-13(5-1-2-6-13)12(18)15-7-9-3-4-10(19-9)11(16)17/h3-4H,1-2,5-8,14H2,(H,15,18)(H,16,17). The highest BCUT2D eigenvalue weighted by molar-refractivity contribution is 5.84. The van der Waals surface area contributed by atoms with Gasteiger partial charge in [0.05, 0.1) is 12.0 Å². The van der Waals surface area contributed by atoms with Gasteiger partial charge >= 0.3 is 5.97 Å². The van der Waals surface area contributed by atoms with E-state index >= 15 is 0 Å². The van der Waals surface area contributed by atoms with Gasteiger partial charge in [0.25, 0.3) is 0 Å². The first kappa shape index (κ1) is 13.6. The first-order valence-corrected chi connectivity index (χ1v) is 6.38. The Morgan fingerprint density at radius 1 is 1.37 bits per heavy atom. The smallest absolute Gasteiger partial charge is 0.371 e. The summed E-state index contributed by atoms with van der Waals surface area (Å²) in [6, 6.07) is 2.92. The summed E-state index contributed by atoms with van der Waals surface area (Å²) < 4.78 is 5.08. The molecule has 0 radical (unpaired) electrons. The molecule has 19 heavy (non-hydrogen) atoms. The normalized spacial score (nSPS) is 17.3. The molecule has 1 heterocycles. The Morgan fingerprint density at radius 3 is 2.58 bits per heavy atom. The van der Waals surface area contributed by atoms with E-state index in [9.17, 15) is 9.59 Å². The SMILES string of the molecule is NCC1(C(=O)NCc2ccc(C(=O)O)o2)CCCC1. The molecule has 2 rings (SSSR count). The number of nitrogens with two attached hydrogens (primary N) is 1. The Morgan fingerprint density at radius 2 is 2.05 bits per heavy atom. The molecule has 0 atom stereocenters. The van der Waals surface area contributed by atoms with Crippen LogP contribution in [0, 0.1) is 5.41 Å². The number of aromatic carboxylic acids is 1. The Kier molecular flexibility index (Phi) is 3.90. The zero-order valence-electron chi connectivity index (χ0n) is 10.6. The van der Waals surface area contributed by atoms with Crippen LogP contribution >= 0.6 is 0 Å². The van der Waals surface area contributed by atoms with Crippen LogP contribution in [0.4, 0.5) is 0 Å². The molecule has 1 saturated carbocycles. The molecule has 6 nitrogen and oxygen atoms in total. The highest BCUT2D eigenvalue weighted by atomic mass is 16.4. The van der Waals surface area contributed by atoms with Crippen LogP contribution in [0.15, 0.2) is 16.5 Å². The van der Waals surface area contributed by atoms with Crippen molar-refractivity contribution in [2.45, 2.75) is 32.2 Å². The number of furan rings is 1. The van der Waals surface area contributed by atoms with Crippen molar-refractivity contribution < 1.29 is 19.1 Å². The molecule has 1 fully saturated rings. The second-order valence-corrected chi connectivity index (χ2v) is 4.95. The van der Waals surface area contributed by atoms with Crippen LogP contribution in [-0.2, 0) is 11.3 Å². The molecule has 4 N–H and O–H groups in total. The molecule has 104 valence electrons. The molecule has 1 amide bonds. The zero-order chi connectivity index (χ0) is 13.9. The number of nitrogens with one attached hydrogen (secondary N) is 1. The lowest BCUT2D eigenvalue weighted by atomic mass is 9.85. The number of amides is 1. The molecular formula is C13H18N2O4. The van der Waals surface area contributed by atoms with Gasteiger partial charge in [-0.25, -0.2) is 4.79 Å². The Labute approximate surface area is 111 Å². The van der Waals surface area contributed by atoms with Gasteiger partial charge in [-0.05, 0) is 25.0 Å². The molecule has 1 aromatic heterocycles. The average molecular weight is 266 g/mol. The van der Waals surface area contributed by atoms with E-state index in [1.165, 1.54) is 6.07 Å². The van der Waals surface area contributed by atoms with E-state index in [-0.39, 0.29) is 18.2 Å². The molecule has 1 aromatic rings. The number of hydrogen-bond acceptors (Lipinski definition) is 4. The maximum atomic E-state index is 12.2. The van der Waals surface area contributed by atoms with Crippen LogP contribution in [0.3, 0.4) is 0 Å². The first-order chi connectivity index (χ1) is 9.07. The fraction of sp³-hybridized carbons (Fsp3) is 0.538. The van der Waals surface area contributed by atoms with Gasteiger partial charge in [0.15, 0.2) is 0 Å². The van der Waals surface area contributed by atoms with E-state index in [0.29, 0.717) is 12.3 Å². The van der Waals surface area contributed by atoms with Crippen molar-refractivity contribution in [1.29, 1.82) is 0 Å². The molecule has 0 unspecified atom stereocenters. The molecule has 0 aromatic carbocycles. The molecule has 0 spiro atoms. The quantitative estimate of drug-likeness (QED) is 0.740. The van der Waals surface area contributed by atoms with Gasteiger partial charge in [0.1, 0.15) is 5.76 Å². The van der Waals surface area contributed by atoms with Crippen LogP contribution in [0.25, 0.3) is 0 Å². The molecule has 0 saturated heterocycles. The van der Waals surface area contributed by atoms with Gasteiger partial charge in [-0.1, -0.05) is 12.8 Å². The van der Waals surface area contributed by atoms with Gasteiger partial charge in [-0.2, -0.15) is 0 Å². The minimum absolute atomic E-state index is 0.0687. The third-order valence-electron chi connectivity index (χ3n) is 3.73. The molecule has 1 aliphatic rings. The fourth-order valence-corrected chi connectivity index (χ4v) is 2.52. The summed E-state index contributed by atoms with van der Waals surface area (Å²) >= 11 is 0. The number of hydrogen-bond donors (Lipinski definition) is 3. The van der Waals surface area contributed by atoms with Gasteiger partial charge < -0.3 is 20.6 Å². The van der Waals surface area contributed by atoms with E-state index in [1.54, 1.807) is 6.07 Å². The molecule has 0 bridgehead atoms. The summed E-state index contributed by atoms with van der Waals surface area (Å²) in [5.74, 6) is -0.887. The minimum atomic E-state index is -1.12. The summed E-state index contributed by atoms with van der Waals surface area (Å²) in [7, 11) is 0. The molecule has 6 heteroatoms. The fourth-order valence-electron chi connectivity index (χ4n) is 2.52. The number of carbonyl (C=O) groups excluding carboxylic acids is 1. The van der Waals surface area contributed by atoms with Crippen LogP contribution < -0.4 is 11.1 Å². The topological polar surface area (TPSA) is 106 Å². The van der Waals surface area contributed by atoms with Gasteiger partial charge in [-0.15, -0.1) is 0 Å². The third-order valence-corrected chi connectivity index (χ3v) is 3.73. The maximum Gasteiger partial charge on any atom is 0.371 e. The maximum absolute atomic E-state index is 12.2. The Balaban J connectivity index is 1.94. The predicted octanol–water partition coefficient (Wildman–Crippen LogP) is 1.11. The summed E-state index contributed by atoms with van der Waals surface area (Å²) in [5, 5.41) is 11.5.